The van der Waals surface area contributed by atoms with E-state index in [1.54, 1.807) is 0 Å². The number of ether oxygens (including phenoxy) is 1. The Bertz CT molecular complexity index is 546. The van der Waals surface area contributed by atoms with E-state index in [4.69, 9.17) is 9.26 Å². The average molecular weight is 260 g/mol. The minimum absolute atomic E-state index is 0.314. The molecule has 1 aromatic carbocycles. The van der Waals surface area contributed by atoms with Crippen LogP contribution in [0.1, 0.15) is 16.8 Å². The van der Waals surface area contributed by atoms with E-state index in [0.29, 0.717) is 25.4 Å². The standard InChI is InChI=1S/C14H16N2O3/c1-10-3-5-12(6-4-10)15-14-13(7-8-18-9-17)11(2)16-19-14/h3-6,9,15H,7-8H2,1-2H3. The molecule has 0 unspecified atom stereocenters. The van der Waals surface area contributed by atoms with Crippen LogP contribution in [0.25, 0.3) is 0 Å². The number of benzene rings is 1. The van der Waals surface area contributed by atoms with Crippen LogP contribution in [0, 0.1) is 13.8 Å². The molecule has 2 rings (SSSR count). The van der Waals surface area contributed by atoms with Gasteiger partial charge in [0, 0.05) is 17.7 Å². The van der Waals surface area contributed by atoms with Crippen molar-refractivity contribution in [3.63, 3.8) is 0 Å². The second kappa shape index (κ2) is 6.04. The Morgan fingerprint density at radius 3 is 2.74 bits per heavy atom. The first-order valence-electron chi connectivity index (χ1n) is 6.05. The van der Waals surface area contributed by atoms with Gasteiger partial charge in [0.2, 0.25) is 5.88 Å². The van der Waals surface area contributed by atoms with E-state index >= 15 is 0 Å². The monoisotopic (exact) mass is 260 g/mol. The zero-order valence-electron chi connectivity index (χ0n) is 11.0. The molecule has 0 saturated carbocycles. The van der Waals surface area contributed by atoms with Crippen LogP contribution < -0.4 is 5.32 Å². The van der Waals surface area contributed by atoms with E-state index in [-0.39, 0.29) is 0 Å². The second-order valence-corrected chi connectivity index (χ2v) is 4.28. The van der Waals surface area contributed by atoms with Crippen LogP contribution in [0.2, 0.25) is 0 Å². The number of nitrogens with one attached hydrogen (secondary N) is 1. The summed E-state index contributed by atoms with van der Waals surface area (Å²) in [6, 6.07) is 7.97. The second-order valence-electron chi connectivity index (χ2n) is 4.28. The summed E-state index contributed by atoms with van der Waals surface area (Å²) in [4.78, 5) is 10.1. The molecule has 0 fully saturated rings. The molecule has 0 aliphatic rings. The zero-order valence-corrected chi connectivity index (χ0v) is 11.0. The summed E-state index contributed by atoms with van der Waals surface area (Å²) in [5.41, 5.74) is 3.84. The topological polar surface area (TPSA) is 64.4 Å². The lowest BCUT2D eigenvalue weighted by Gasteiger charge is -2.05. The summed E-state index contributed by atoms with van der Waals surface area (Å²) in [5, 5.41) is 7.10. The van der Waals surface area contributed by atoms with Gasteiger partial charge in [0.1, 0.15) is 0 Å². The highest BCUT2D eigenvalue weighted by atomic mass is 16.5. The molecule has 100 valence electrons. The first-order chi connectivity index (χ1) is 9.20. The molecule has 5 heteroatoms. The molecule has 5 nitrogen and oxygen atoms in total. The van der Waals surface area contributed by atoms with Crippen LogP contribution in [0.3, 0.4) is 0 Å². The average Bonchev–Trinajstić information content (AvgIpc) is 2.74. The van der Waals surface area contributed by atoms with Crippen LogP contribution in [-0.4, -0.2) is 18.2 Å². The molecule has 1 aromatic heterocycles. The summed E-state index contributed by atoms with van der Waals surface area (Å²) < 4.78 is 9.96. The Morgan fingerprint density at radius 1 is 1.32 bits per heavy atom. The number of hydrogen-bond donors (Lipinski definition) is 1. The van der Waals surface area contributed by atoms with Gasteiger partial charge < -0.3 is 14.6 Å². The van der Waals surface area contributed by atoms with Crippen molar-refractivity contribution >= 4 is 18.0 Å². The van der Waals surface area contributed by atoms with Crippen molar-refractivity contribution in [3.05, 3.63) is 41.1 Å². The SMILES string of the molecule is Cc1ccc(Nc2onc(C)c2CCOC=O)cc1. The summed E-state index contributed by atoms with van der Waals surface area (Å²) in [6.07, 6.45) is 0.572. The van der Waals surface area contributed by atoms with Crippen LogP contribution in [0.15, 0.2) is 28.8 Å². The lowest BCUT2D eigenvalue weighted by molar-refractivity contribution is -0.128. The predicted octanol–water partition coefficient (Wildman–Crippen LogP) is 2.75. The number of aryl methyl sites for hydroxylation is 2. The predicted molar refractivity (Wildman–Crippen MR) is 71.4 cm³/mol. The van der Waals surface area contributed by atoms with Gasteiger partial charge in [0.25, 0.3) is 6.47 Å². The van der Waals surface area contributed by atoms with Crippen molar-refractivity contribution in [1.29, 1.82) is 0 Å². The Kier molecular flexibility index (Phi) is 4.18. The minimum Gasteiger partial charge on any atom is -0.468 e. The number of nitrogens with zero attached hydrogens (tertiary/aromatic N) is 1. The van der Waals surface area contributed by atoms with E-state index in [1.165, 1.54) is 5.56 Å². The van der Waals surface area contributed by atoms with Crippen LogP contribution in [0.4, 0.5) is 11.6 Å². The minimum atomic E-state index is 0.314. The molecule has 0 atom stereocenters. The third kappa shape index (κ3) is 3.34. The first-order valence-corrected chi connectivity index (χ1v) is 6.05. The maximum absolute atomic E-state index is 10.1. The normalized spacial score (nSPS) is 10.2. The van der Waals surface area contributed by atoms with Gasteiger partial charge in [-0.25, -0.2) is 0 Å². The molecule has 0 spiro atoms. The van der Waals surface area contributed by atoms with E-state index < -0.39 is 0 Å². The van der Waals surface area contributed by atoms with Crippen LogP contribution in [-0.2, 0) is 16.0 Å². The number of anilines is 2. The van der Waals surface area contributed by atoms with Gasteiger partial charge in [-0.2, -0.15) is 0 Å². The number of carbonyl (C=O) groups is 1. The Balaban J connectivity index is 2.11. The molecule has 2 aromatic rings. The number of rotatable bonds is 6. The van der Waals surface area contributed by atoms with Crippen LogP contribution in [0.5, 0.6) is 0 Å². The highest BCUT2D eigenvalue weighted by molar-refractivity contribution is 5.58. The molecule has 0 saturated heterocycles. The molecular weight excluding hydrogens is 244 g/mol. The molecule has 19 heavy (non-hydrogen) atoms. The summed E-state index contributed by atoms with van der Waals surface area (Å²) in [5.74, 6) is 0.593. The smallest absolute Gasteiger partial charge is 0.293 e. The lowest BCUT2D eigenvalue weighted by Crippen LogP contribution is -2.00. The fourth-order valence-electron chi connectivity index (χ4n) is 1.76. The Hall–Kier alpha value is -2.30. The molecule has 1 heterocycles. The highest BCUT2D eigenvalue weighted by Gasteiger charge is 2.13. The van der Waals surface area contributed by atoms with E-state index in [1.807, 2.05) is 38.1 Å². The molecule has 0 aliphatic carbocycles. The Labute approximate surface area is 111 Å². The fraction of sp³-hybridized carbons (Fsp3) is 0.286. The summed E-state index contributed by atoms with van der Waals surface area (Å²) in [6.45, 7) is 4.65. The maximum atomic E-state index is 10.1. The number of hydrogen-bond acceptors (Lipinski definition) is 5. The van der Waals surface area contributed by atoms with Crippen molar-refractivity contribution < 1.29 is 14.1 Å². The number of carbonyl (C=O) groups excluding carboxylic acids is 1. The van der Waals surface area contributed by atoms with Gasteiger partial charge in [0.15, 0.2) is 0 Å². The van der Waals surface area contributed by atoms with Crippen molar-refractivity contribution in [2.45, 2.75) is 20.3 Å². The van der Waals surface area contributed by atoms with Crippen molar-refractivity contribution in [3.8, 4) is 0 Å². The van der Waals surface area contributed by atoms with Crippen molar-refractivity contribution in [2.75, 3.05) is 11.9 Å². The fourth-order valence-corrected chi connectivity index (χ4v) is 1.76. The molecule has 1 N–H and O–H groups in total. The van der Waals surface area contributed by atoms with Crippen molar-refractivity contribution in [2.24, 2.45) is 0 Å². The number of aromatic nitrogens is 1. The first kappa shape index (κ1) is 13.1. The van der Waals surface area contributed by atoms with E-state index in [0.717, 1.165) is 16.9 Å². The van der Waals surface area contributed by atoms with Gasteiger partial charge >= 0.3 is 0 Å². The third-order valence-corrected chi connectivity index (χ3v) is 2.83. The molecular formula is C14H16N2O3. The van der Waals surface area contributed by atoms with Gasteiger partial charge in [-0.3, -0.25) is 4.79 Å². The quantitative estimate of drug-likeness (QED) is 0.639. The summed E-state index contributed by atoms with van der Waals surface area (Å²) in [7, 11) is 0. The Morgan fingerprint density at radius 2 is 2.05 bits per heavy atom. The highest BCUT2D eigenvalue weighted by Crippen LogP contribution is 2.24. The lowest BCUT2D eigenvalue weighted by atomic mass is 10.2. The third-order valence-electron chi connectivity index (χ3n) is 2.83. The van der Waals surface area contributed by atoms with Gasteiger partial charge in [-0.15, -0.1) is 0 Å². The summed E-state index contributed by atoms with van der Waals surface area (Å²) >= 11 is 0. The largest absolute Gasteiger partial charge is 0.468 e. The van der Waals surface area contributed by atoms with E-state index in [9.17, 15) is 4.79 Å². The molecule has 0 radical (unpaired) electrons. The van der Waals surface area contributed by atoms with Crippen molar-refractivity contribution in [1.82, 2.24) is 5.16 Å². The zero-order chi connectivity index (χ0) is 13.7. The maximum Gasteiger partial charge on any atom is 0.293 e. The van der Waals surface area contributed by atoms with Gasteiger partial charge in [-0.1, -0.05) is 22.9 Å². The van der Waals surface area contributed by atoms with E-state index in [2.05, 4.69) is 10.5 Å². The van der Waals surface area contributed by atoms with Crippen LogP contribution >= 0.6 is 0 Å². The molecule has 0 aliphatic heterocycles. The molecule has 0 amide bonds. The van der Waals surface area contributed by atoms with Gasteiger partial charge in [0.05, 0.1) is 12.3 Å². The molecule has 0 bridgehead atoms. The van der Waals surface area contributed by atoms with Gasteiger partial charge in [-0.05, 0) is 26.0 Å².